The van der Waals surface area contributed by atoms with E-state index >= 15 is 0 Å². The Labute approximate surface area is 143 Å². The fraction of sp³-hybridized carbons (Fsp3) is 0.263. The second kappa shape index (κ2) is 6.24. The number of imidazole rings is 1. The molecule has 1 aromatic heterocycles. The Morgan fingerprint density at radius 1 is 1.08 bits per heavy atom. The number of nitrogens with zero attached hydrogens (tertiary/aromatic N) is 2. The smallest absolute Gasteiger partial charge is 0.242 e. The van der Waals surface area contributed by atoms with Gasteiger partial charge in [0.25, 0.3) is 0 Å². The molecule has 24 heavy (non-hydrogen) atoms. The highest BCUT2D eigenvalue weighted by Gasteiger charge is 2.19. The van der Waals surface area contributed by atoms with Gasteiger partial charge in [-0.1, -0.05) is 24.3 Å². The van der Waals surface area contributed by atoms with E-state index in [1.807, 2.05) is 43.3 Å². The predicted octanol–water partition coefficient (Wildman–Crippen LogP) is 5.23. The first kappa shape index (κ1) is 16.5. The second-order valence-corrected chi connectivity index (χ2v) is 11.4. The molecule has 124 valence electrons. The standard InChI is InChI=1S/C19H23N3OSi/c1-13-9-8-12-17(18(13)23-24(3,4)5)20-14(2)19-21-15-10-6-7-11-16(15)22-19/h6-12H,1-5H3,(H,21,22). The molecular weight excluding hydrogens is 314 g/mol. The van der Waals surface area contributed by atoms with Crippen molar-refractivity contribution in [2.45, 2.75) is 33.5 Å². The number of fused-ring (bicyclic) bond motifs is 1. The van der Waals surface area contributed by atoms with Crippen LogP contribution in [0.1, 0.15) is 18.3 Å². The molecule has 0 aliphatic heterocycles. The van der Waals surface area contributed by atoms with Gasteiger partial charge in [-0.3, -0.25) is 0 Å². The summed E-state index contributed by atoms with van der Waals surface area (Å²) in [6, 6.07) is 14.1. The zero-order chi connectivity index (χ0) is 17.3. The van der Waals surface area contributed by atoms with E-state index in [0.717, 1.165) is 39.6 Å². The number of aliphatic imine (C=N–C) groups is 1. The number of aryl methyl sites for hydroxylation is 1. The minimum absolute atomic E-state index is 0.789. The molecule has 0 radical (unpaired) electrons. The quantitative estimate of drug-likeness (QED) is 0.524. The Bertz CT molecular complexity index is 873. The van der Waals surface area contributed by atoms with Crippen LogP contribution in [0.3, 0.4) is 0 Å². The van der Waals surface area contributed by atoms with Crippen LogP contribution in [0.4, 0.5) is 5.69 Å². The third-order valence-electron chi connectivity index (χ3n) is 3.62. The number of aromatic nitrogens is 2. The van der Waals surface area contributed by atoms with Crippen LogP contribution in [-0.4, -0.2) is 24.0 Å². The van der Waals surface area contributed by atoms with Gasteiger partial charge in [0.1, 0.15) is 11.4 Å². The van der Waals surface area contributed by atoms with E-state index in [0.29, 0.717) is 0 Å². The molecule has 0 bridgehead atoms. The van der Waals surface area contributed by atoms with Crippen LogP contribution < -0.4 is 4.43 Å². The number of nitrogens with one attached hydrogen (secondary N) is 1. The maximum absolute atomic E-state index is 6.26. The lowest BCUT2D eigenvalue weighted by Crippen LogP contribution is -2.29. The van der Waals surface area contributed by atoms with E-state index in [2.05, 4.69) is 42.6 Å². The second-order valence-electron chi connectivity index (χ2n) is 6.94. The zero-order valence-corrected chi connectivity index (χ0v) is 15.8. The fourth-order valence-corrected chi connectivity index (χ4v) is 3.40. The van der Waals surface area contributed by atoms with Crippen molar-refractivity contribution in [2.24, 2.45) is 4.99 Å². The van der Waals surface area contributed by atoms with E-state index in [1.165, 1.54) is 0 Å². The van der Waals surface area contributed by atoms with E-state index < -0.39 is 8.32 Å². The van der Waals surface area contributed by atoms with Gasteiger partial charge in [-0.2, -0.15) is 0 Å². The monoisotopic (exact) mass is 337 g/mol. The lowest BCUT2D eigenvalue weighted by atomic mass is 10.2. The lowest BCUT2D eigenvalue weighted by Gasteiger charge is -2.22. The number of rotatable bonds is 4. The van der Waals surface area contributed by atoms with Gasteiger partial charge in [-0.05, 0) is 57.3 Å². The van der Waals surface area contributed by atoms with Crippen LogP contribution in [0, 0.1) is 6.92 Å². The maximum atomic E-state index is 6.26. The summed E-state index contributed by atoms with van der Waals surface area (Å²) in [6.45, 7) is 10.6. The first-order valence-electron chi connectivity index (χ1n) is 8.12. The molecule has 3 rings (SSSR count). The molecule has 1 heterocycles. The molecule has 1 N–H and O–H groups in total. The number of H-pyrrole nitrogens is 1. The SMILES string of the molecule is CC(=Nc1cccc(C)c1O[Si](C)(C)C)c1nc2ccccc2[nH]1. The van der Waals surface area contributed by atoms with Crippen LogP contribution in [0.25, 0.3) is 11.0 Å². The average molecular weight is 337 g/mol. The predicted molar refractivity (Wildman–Crippen MR) is 103 cm³/mol. The van der Waals surface area contributed by atoms with Crippen LogP contribution in [0.5, 0.6) is 5.75 Å². The van der Waals surface area contributed by atoms with Crippen molar-refractivity contribution < 1.29 is 4.43 Å². The van der Waals surface area contributed by atoms with Crippen molar-refractivity contribution >= 4 is 30.7 Å². The Kier molecular flexibility index (Phi) is 4.28. The number of hydrogen-bond acceptors (Lipinski definition) is 3. The lowest BCUT2D eigenvalue weighted by molar-refractivity contribution is 0.554. The molecule has 0 atom stereocenters. The normalized spacial score (nSPS) is 12.6. The van der Waals surface area contributed by atoms with Gasteiger partial charge in [0.05, 0.1) is 16.7 Å². The van der Waals surface area contributed by atoms with Crippen molar-refractivity contribution in [1.82, 2.24) is 9.97 Å². The van der Waals surface area contributed by atoms with Crippen LogP contribution in [0.2, 0.25) is 19.6 Å². The molecule has 0 aliphatic carbocycles. The highest BCUT2D eigenvalue weighted by Crippen LogP contribution is 2.33. The van der Waals surface area contributed by atoms with Crippen LogP contribution in [0.15, 0.2) is 47.5 Å². The number of para-hydroxylation sites is 3. The highest BCUT2D eigenvalue weighted by molar-refractivity contribution is 6.70. The average Bonchev–Trinajstić information content (AvgIpc) is 2.94. The molecule has 2 aromatic carbocycles. The van der Waals surface area contributed by atoms with Gasteiger partial charge < -0.3 is 9.41 Å². The zero-order valence-electron chi connectivity index (χ0n) is 14.8. The van der Waals surface area contributed by atoms with Gasteiger partial charge >= 0.3 is 0 Å². The summed E-state index contributed by atoms with van der Waals surface area (Å²) in [5, 5.41) is 0. The van der Waals surface area contributed by atoms with Crippen molar-refractivity contribution in [3.63, 3.8) is 0 Å². The van der Waals surface area contributed by atoms with E-state index in [9.17, 15) is 0 Å². The Balaban J connectivity index is 2.02. The number of aromatic amines is 1. The van der Waals surface area contributed by atoms with E-state index in [1.54, 1.807) is 0 Å². The van der Waals surface area contributed by atoms with Crippen molar-refractivity contribution in [3.8, 4) is 5.75 Å². The molecule has 0 fully saturated rings. The molecular formula is C19H23N3OSi. The van der Waals surface area contributed by atoms with Crippen molar-refractivity contribution in [2.75, 3.05) is 0 Å². The summed E-state index contributed by atoms with van der Waals surface area (Å²) in [7, 11) is -1.71. The van der Waals surface area contributed by atoms with Crippen molar-refractivity contribution in [1.29, 1.82) is 0 Å². The first-order valence-corrected chi connectivity index (χ1v) is 11.5. The van der Waals surface area contributed by atoms with Crippen LogP contribution >= 0.6 is 0 Å². The van der Waals surface area contributed by atoms with Crippen LogP contribution in [-0.2, 0) is 0 Å². The van der Waals surface area contributed by atoms with E-state index in [-0.39, 0.29) is 0 Å². The summed E-state index contributed by atoms with van der Waals surface area (Å²) in [4.78, 5) is 12.7. The summed E-state index contributed by atoms with van der Waals surface area (Å²) < 4.78 is 6.26. The first-order chi connectivity index (χ1) is 11.3. The Morgan fingerprint density at radius 2 is 1.83 bits per heavy atom. The minimum atomic E-state index is -1.71. The minimum Gasteiger partial charge on any atom is -0.543 e. The van der Waals surface area contributed by atoms with Gasteiger partial charge in [0, 0.05) is 0 Å². The van der Waals surface area contributed by atoms with Gasteiger partial charge in [0.15, 0.2) is 5.82 Å². The molecule has 4 nitrogen and oxygen atoms in total. The van der Waals surface area contributed by atoms with Gasteiger partial charge in [-0.15, -0.1) is 0 Å². The molecule has 0 amide bonds. The van der Waals surface area contributed by atoms with Gasteiger partial charge in [-0.25, -0.2) is 9.98 Å². The largest absolute Gasteiger partial charge is 0.543 e. The molecule has 0 aliphatic rings. The number of benzene rings is 2. The molecule has 5 heteroatoms. The third-order valence-corrected chi connectivity index (χ3v) is 4.44. The van der Waals surface area contributed by atoms with Gasteiger partial charge in [0.2, 0.25) is 8.32 Å². The number of hydrogen-bond donors (Lipinski definition) is 1. The summed E-state index contributed by atoms with van der Waals surface area (Å²) in [6.07, 6.45) is 0. The summed E-state index contributed by atoms with van der Waals surface area (Å²) in [5.41, 5.74) is 4.78. The molecule has 0 saturated heterocycles. The molecule has 0 saturated carbocycles. The molecule has 0 unspecified atom stereocenters. The van der Waals surface area contributed by atoms with E-state index in [4.69, 9.17) is 9.42 Å². The third kappa shape index (κ3) is 3.57. The summed E-state index contributed by atoms with van der Waals surface area (Å²) >= 11 is 0. The molecule has 0 spiro atoms. The summed E-state index contributed by atoms with van der Waals surface area (Å²) in [5.74, 6) is 1.67. The Morgan fingerprint density at radius 3 is 2.54 bits per heavy atom. The molecule has 3 aromatic rings. The van der Waals surface area contributed by atoms with Crippen molar-refractivity contribution in [3.05, 3.63) is 53.9 Å². The fourth-order valence-electron chi connectivity index (χ4n) is 2.52. The Hall–Kier alpha value is -2.40. The topological polar surface area (TPSA) is 50.3 Å². The highest BCUT2D eigenvalue weighted by atomic mass is 28.4. The maximum Gasteiger partial charge on any atom is 0.242 e.